The molecule has 0 saturated carbocycles. The van der Waals surface area contributed by atoms with Crippen LogP contribution in [0.3, 0.4) is 0 Å². The van der Waals surface area contributed by atoms with Crippen LogP contribution < -0.4 is 10.1 Å². The molecule has 2 heterocycles. The standard InChI is InChI=1S/C22H22FN3O4/c1-30-17-8-4-15(5-9-17)21(28)25-10-11-26-19(13-25)20(27)24-18(22(26)29)12-14-2-6-16(23)7-3-14/h2-9,18-19H,10-13H2,1H3,(H,24,27)/t18-,19+/m1/s1. The normalized spacial score (nSPS) is 21.1. The summed E-state index contributed by atoms with van der Waals surface area (Å²) < 4.78 is 18.2. The van der Waals surface area contributed by atoms with Crippen LogP contribution in [-0.2, 0) is 16.0 Å². The molecule has 2 aromatic carbocycles. The summed E-state index contributed by atoms with van der Waals surface area (Å²) in [5, 5.41) is 2.76. The second-order valence-electron chi connectivity index (χ2n) is 7.42. The number of hydrogen-bond acceptors (Lipinski definition) is 4. The van der Waals surface area contributed by atoms with Crippen LogP contribution in [0.1, 0.15) is 15.9 Å². The topological polar surface area (TPSA) is 79.0 Å². The number of halogens is 1. The van der Waals surface area contributed by atoms with Crippen molar-refractivity contribution in [2.24, 2.45) is 0 Å². The van der Waals surface area contributed by atoms with E-state index in [1.807, 2.05) is 0 Å². The van der Waals surface area contributed by atoms with E-state index in [0.29, 0.717) is 30.8 Å². The molecule has 4 rings (SSSR count). The summed E-state index contributed by atoms with van der Waals surface area (Å²) in [7, 11) is 1.55. The molecule has 0 bridgehead atoms. The van der Waals surface area contributed by atoms with Crippen molar-refractivity contribution in [1.29, 1.82) is 0 Å². The van der Waals surface area contributed by atoms with Crippen molar-refractivity contribution >= 4 is 17.7 Å². The second kappa shape index (κ2) is 8.14. The van der Waals surface area contributed by atoms with Gasteiger partial charge in [0.25, 0.3) is 5.91 Å². The van der Waals surface area contributed by atoms with Crippen LogP contribution >= 0.6 is 0 Å². The molecular weight excluding hydrogens is 389 g/mol. The van der Waals surface area contributed by atoms with Crippen LogP contribution in [0.2, 0.25) is 0 Å². The van der Waals surface area contributed by atoms with Gasteiger partial charge in [0.1, 0.15) is 23.7 Å². The first-order chi connectivity index (χ1) is 14.5. The Labute approximate surface area is 173 Å². The molecule has 8 heteroatoms. The predicted octanol–water partition coefficient (Wildman–Crippen LogP) is 1.23. The maximum atomic E-state index is 13.1. The number of benzene rings is 2. The van der Waals surface area contributed by atoms with Crippen LogP contribution in [0.25, 0.3) is 0 Å². The zero-order valence-corrected chi connectivity index (χ0v) is 16.5. The number of rotatable bonds is 4. The zero-order chi connectivity index (χ0) is 21.3. The lowest BCUT2D eigenvalue weighted by molar-refractivity contribution is -0.152. The van der Waals surface area contributed by atoms with Gasteiger partial charge in [-0.3, -0.25) is 14.4 Å². The first-order valence-corrected chi connectivity index (χ1v) is 9.75. The summed E-state index contributed by atoms with van der Waals surface area (Å²) in [5.41, 5.74) is 1.27. The van der Waals surface area contributed by atoms with E-state index in [9.17, 15) is 18.8 Å². The molecule has 2 aliphatic heterocycles. The first-order valence-electron chi connectivity index (χ1n) is 9.75. The Bertz CT molecular complexity index is 961. The van der Waals surface area contributed by atoms with Crippen molar-refractivity contribution in [2.45, 2.75) is 18.5 Å². The maximum Gasteiger partial charge on any atom is 0.254 e. The third-order valence-corrected chi connectivity index (χ3v) is 5.56. The van der Waals surface area contributed by atoms with E-state index in [1.54, 1.807) is 53.3 Å². The van der Waals surface area contributed by atoms with Crippen LogP contribution in [0, 0.1) is 5.82 Å². The van der Waals surface area contributed by atoms with E-state index in [4.69, 9.17) is 4.74 Å². The average molecular weight is 411 g/mol. The summed E-state index contributed by atoms with van der Waals surface area (Å²) in [6.07, 6.45) is 0.294. The minimum atomic E-state index is -0.710. The van der Waals surface area contributed by atoms with Crippen molar-refractivity contribution in [3.8, 4) is 5.75 Å². The number of piperazine rings is 2. The molecule has 30 heavy (non-hydrogen) atoms. The van der Waals surface area contributed by atoms with Gasteiger partial charge in [0.2, 0.25) is 11.8 Å². The van der Waals surface area contributed by atoms with Gasteiger partial charge in [-0.25, -0.2) is 4.39 Å². The number of nitrogens with zero attached hydrogens (tertiary/aromatic N) is 2. The lowest BCUT2D eigenvalue weighted by Crippen LogP contribution is -2.70. The van der Waals surface area contributed by atoms with Gasteiger partial charge in [-0.15, -0.1) is 0 Å². The molecule has 2 fully saturated rings. The number of nitrogens with one attached hydrogen (secondary N) is 1. The highest BCUT2D eigenvalue weighted by molar-refractivity contribution is 5.99. The molecule has 0 spiro atoms. The van der Waals surface area contributed by atoms with Gasteiger partial charge in [-0.2, -0.15) is 0 Å². The van der Waals surface area contributed by atoms with Gasteiger partial charge >= 0.3 is 0 Å². The Balaban J connectivity index is 1.43. The Morgan fingerprint density at radius 1 is 1.10 bits per heavy atom. The van der Waals surface area contributed by atoms with Crippen molar-refractivity contribution < 1.29 is 23.5 Å². The summed E-state index contributed by atoms with van der Waals surface area (Å²) in [4.78, 5) is 41.6. The summed E-state index contributed by atoms with van der Waals surface area (Å²) in [5.74, 6) is -0.350. The Hall–Kier alpha value is -3.42. The molecule has 2 atom stereocenters. The molecule has 1 N–H and O–H groups in total. The van der Waals surface area contributed by atoms with Gasteiger partial charge in [0.15, 0.2) is 0 Å². The number of hydrogen-bond donors (Lipinski definition) is 1. The number of carbonyl (C=O) groups excluding carboxylic acids is 3. The number of amides is 3. The van der Waals surface area contributed by atoms with Crippen molar-refractivity contribution in [3.63, 3.8) is 0 Å². The molecule has 0 unspecified atom stereocenters. The predicted molar refractivity (Wildman–Crippen MR) is 106 cm³/mol. The lowest BCUT2D eigenvalue weighted by Gasteiger charge is -2.45. The summed E-state index contributed by atoms with van der Waals surface area (Å²) in [6, 6.07) is 11.2. The largest absolute Gasteiger partial charge is 0.497 e. The molecule has 2 aliphatic rings. The fraction of sp³-hybridized carbons (Fsp3) is 0.318. The third-order valence-electron chi connectivity index (χ3n) is 5.56. The van der Waals surface area contributed by atoms with Crippen LogP contribution in [-0.4, -0.2) is 66.3 Å². The molecule has 156 valence electrons. The minimum Gasteiger partial charge on any atom is -0.497 e. The number of carbonyl (C=O) groups is 3. The summed E-state index contributed by atoms with van der Waals surface area (Å²) >= 11 is 0. The van der Waals surface area contributed by atoms with E-state index in [2.05, 4.69) is 5.32 Å². The van der Waals surface area contributed by atoms with Crippen LogP contribution in [0.5, 0.6) is 5.75 Å². The quantitative estimate of drug-likeness (QED) is 0.821. The average Bonchev–Trinajstić information content (AvgIpc) is 2.78. The smallest absolute Gasteiger partial charge is 0.254 e. The molecule has 7 nitrogen and oxygen atoms in total. The fourth-order valence-electron chi connectivity index (χ4n) is 3.90. The molecule has 2 aromatic rings. The van der Waals surface area contributed by atoms with E-state index >= 15 is 0 Å². The molecular formula is C22H22FN3O4. The van der Waals surface area contributed by atoms with E-state index in [-0.39, 0.29) is 30.1 Å². The van der Waals surface area contributed by atoms with Crippen LogP contribution in [0.4, 0.5) is 4.39 Å². The zero-order valence-electron chi connectivity index (χ0n) is 16.5. The SMILES string of the molecule is COc1ccc(C(=O)N2CCN3C(=O)[C@@H](Cc4ccc(F)cc4)NC(=O)[C@@H]3C2)cc1. The van der Waals surface area contributed by atoms with E-state index in [0.717, 1.165) is 5.56 Å². The Morgan fingerprint density at radius 2 is 1.80 bits per heavy atom. The molecule has 3 amide bonds. The molecule has 2 saturated heterocycles. The van der Waals surface area contributed by atoms with Crippen molar-refractivity contribution in [1.82, 2.24) is 15.1 Å². The van der Waals surface area contributed by atoms with Gasteiger partial charge < -0.3 is 19.9 Å². The van der Waals surface area contributed by atoms with Crippen molar-refractivity contribution in [3.05, 3.63) is 65.5 Å². The van der Waals surface area contributed by atoms with Gasteiger partial charge in [0, 0.05) is 25.1 Å². The maximum absolute atomic E-state index is 13.1. The number of methoxy groups -OCH3 is 1. The molecule has 0 aliphatic carbocycles. The Morgan fingerprint density at radius 3 is 2.47 bits per heavy atom. The molecule has 0 aromatic heterocycles. The Kier molecular flexibility index (Phi) is 5.39. The van der Waals surface area contributed by atoms with E-state index < -0.39 is 12.1 Å². The second-order valence-corrected chi connectivity index (χ2v) is 7.42. The highest BCUT2D eigenvalue weighted by Gasteiger charge is 2.44. The van der Waals surface area contributed by atoms with Gasteiger partial charge in [0.05, 0.1) is 13.7 Å². The third kappa shape index (κ3) is 3.85. The van der Waals surface area contributed by atoms with Gasteiger partial charge in [-0.05, 0) is 42.0 Å². The minimum absolute atomic E-state index is 0.145. The highest BCUT2D eigenvalue weighted by Crippen LogP contribution is 2.21. The number of fused-ring (bicyclic) bond motifs is 1. The van der Waals surface area contributed by atoms with Gasteiger partial charge in [-0.1, -0.05) is 12.1 Å². The monoisotopic (exact) mass is 411 g/mol. The summed E-state index contributed by atoms with van der Waals surface area (Å²) in [6.45, 7) is 0.786. The highest BCUT2D eigenvalue weighted by atomic mass is 19.1. The molecule has 0 radical (unpaired) electrons. The van der Waals surface area contributed by atoms with E-state index in [1.165, 1.54) is 12.1 Å². The van der Waals surface area contributed by atoms with Crippen molar-refractivity contribution in [2.75, 3.05) is 26.7 Å². The lowest BCUT2D eigenvalue weighted by atomic mass is 9.98. The van der Waals surface area contributed by atoms with Crippen LogP contribution in [0.15, 0.2) is 48.5 Å². The number of ether oxygens (including phenoxy) is 1. The fourth-order valence-corrected chi connectivity index (χ4v) is 3.90. The first kappa shape index (κ1) is 19.9.